The predicted octanol–water partition coefficient (Wildman–Crippen LogP) is 3.74. The minimum Gasteiger partial charge on any atom is -0.387 e. The first-order valence-electron chi connectivity index (χ1n) is 13.1. The number of carbonyl (C=O) groups is 1. The third-order valence-corrected chi connectivity index (χ3v) is 8.12. The Labute approximate surface area is 218 Å². The van der Waals surface area contributed by atoms with Crippen LogP contribution in [0, 0.1) is 5.41 Å². The van der Waals surface area contributed by atoms with Gasteiger partial charge in [-0.1, -0.05) is 74.5 Å². The van der Waals surface area contributed by atoms with Gasteiger partial charge in [-0.15, -0.1) is 0 Å². The van der Waals surface area contributed by atoms with E-state index in [-0.39, 0.29) is 24.2 Å². The van der Waals surface area contributed by atoms with Crippen LogP contribution in [0.15, 0.2) is 83.8 Å². The molecule has 194 valence electrons. The molecule has 2 aliphatic rings. The van der Waals surface area contributed by atoms with Crippen molar-refractivity contribution in [1.29, 1.82) is 0 Å². The molecule has 7 nitrogen and oxygen atoms in total. The predicted molar refractivity (Wildman–Crippen MR) is 145 cm³/mol. The lowest BCUT2D eigenvalue weighted by Gasteiger charge is -2.51. The van der Waals surface area contributed by atoms with Gasteiger partial charge in [0.15, 0.2) is 0 Å². The number of amides is 2. The summed E-state index contributed by atoms with van der Waals surface area (Å²) in [6.07, 6.45) is 2.17. The zero-order chi connectivity index (χ0) is 26.0. The molecule has 0 spiro atoms. The summed E-state index contributed by atoms with van der Waals surface area (Å²) < 4.78 is 1.59. The van der Waals surface area contributed by atoms with Crippen LogP contribution in [0.3, 0.4) is 0 Å². The Morgan fingerprint density at radius 1 is 1.00 bits per heavy atom. The molecule has 7 heteroatoms. The second-order valence-corrected chi connectivity index (χ2v) is 10.9. The molecule has 2 fully saturated rings. The summed E-state index contributed by atoms with van der Waals surface area (Å²) in [6, 6.07) is 23.5. The Morgan fingerprint density at radius 2 is 1.70 bits per heavy atom. The molecule has 0 aliphatic carbocycles. The highest BCUT2D eigenvalue weighted by atomic mass is 16.3. The number of piperazine rings is 1. The van der Waals surface area contributed by atoms with Crippen LogP contribution in [0.1, 0.15) is 31.9 Å². The van der Waals surface area contributed by atoms with Crippen LogP contribution in [0.25, 0.3) is 11.1 Å². The van der Waals surface area contributed by atoms with Gasteiger partial charge in [0.2, 0.25) is 0 Å². The number of urea groups is 1. The number of hydrogen-bond donors (Lipinski definition) is 2. The SMILES string of the molecule is CC1(C)CN(C(=O)N2CCNCC2c2ccccc2)CCC1(O)Cn1ccc(-c2ccccc2)cc1=O. The third kappa shape index (κ3) is 5.06. The van der Waals surface area contributed by atoms with Gasteiger partial charge in [-0.25, -0.2) is 4.79 Å². The molecule has 1 aromatic heterocycles. The second kappa shape index (κ2) is 10.1. The molecule has 2 unspecified atom stereocenters. The highest BCUT2D eigenvalue weighted by molar-refractivity contribution is 5.75. The van der Waals surface area contributed by atoms with E-state index < -0.39 is 11.0 Å². The van der Waals surface area contributed by atoms with E-state index in [1.807, 2.05) is 78.2 Å². The van der Waals surface area contributed by atoms with E-state index in [0.29, 0.717) is 26.1 Å². The maximum atomic E-state index is 13.7. The molecular weight excluding hydrogens is 464 g/mol. The van der Waals surface area contributed by atoms with Crippen molar-refractivity contribution in [1.82, 2.24) is 19.7 Å². The van der Waals surface area contributed by atoms with Crippen molar-refractivity contribution in [2.24, 2.45) is 5.41 Å². The zero-order valence-corrected chi connectivity index (χ0v) is 21.6. The number of rotatable bonds is 4. The van der Waals surface area contributed by atoms with Gasteiger partial charge >= 0.3 is 6.03 Å². The highest BCUT2D eigenvalue weighted by Gasteiger charge is 2.49. The first kappa shape index (κ1) is 25.2. The smallest absolute Gasteiger partial charge is 0.320 e. The first-order chi connectivity index (χ1) is 17.8. The fourth-order valence-electron chi connectivity index (χ4n) is 5.64. The average molecular weight is 501 g/mol. The van der Waals surface area contributed by atoms with Gasteiger partial charge < -0.3 is 24.8 Å². The van der Waals surface area contributed by atoms with Crippen LogP contribution in [0.4, 0.5) is 4.79 Å². The summed E-state index contributed by atoms with van der Waals surface area (Å²) in [6.45, 7) is 7.16. The van der Waals surface area contributed by atoms with Crippen LogP contribution in [0.2, 0.25) is 0 Å². The van der Waals surface area contributed by atoms with E-state index in [1.165, 1.54) is 0 Å². The van der Waals surface area contributed by atoms with Crippen LogP contribution < -0.4 is 10.9 Å². The van der Waals surface area contributed by atoms with Gasteiger partial charge in [0.25, 0.3) is 5.56 Å². The van der Waals surface area contributed by atoms with Crippen molar-refractivity contribution >= 4 is 6.03 Å². The van der Waals surface area contributed by atoms with Crippen molar-refractivity contribution in [3.63, 3.8) is 0 Å². The van der Waals surface area contributed by atoms with Crippen LogP contribution in [-0.4, -0.2) is 63.8 Å². The van der Waals surface area contributed by atoms with Gasteiger partial charge in [0.05, 0.1) is 18.2 Å². The number of piperidine rings is 1. The summed E-state index contributed by atoms with van der Waals surface area (Å²) in [5, 5.41) is 15.2. The minimum absolute atomic E-state index is 0.00913. The quantitative estimate of drug-likeness (QED) is 0.572. The molecule has 3 aromatic rings. The van der Waals surface area contributed by atoms with E-state index in [0.717, 1.165) is 29.8 Å². The van der Waals surface area contributed by atoms with Gasteiger partial charge in [0.1, 0.15) is 0 Å². The van der Waals surface area contributed by atoms with Crippen LogP contribution >= 0.6 is 0 Å². The summed E-state index contributed by atoms with van der Waals surface area (Å²) in [4.78, 5) is 30.5. The Morgan fingerprint density at radius 3 is 2.38 bits per heavy atom. The lowest BCUT2D eigenvalue weighted by Crippen LogP contribution is -2.63. The minimum atomic E-state index is -1.12. The topological polar surface area (TPSA) is 77.8 Å². The number of aliphatic hydroxyl groups is 1. The van der Waals surface area contributed by atoms with Crippen molar-refractivity contribution in [3.05, 3.63) is 94.9 Å². The fraction of sp³-hybridized carbons (Fsp3) is 0.400. The normalized spacial score (nSPS) is 23.6. The first-order valence-corrected chi connectivity index (χ1v) is 13.1. The molecule has 2 aromatic carbocycles. The van der Waals surface area contributed by atoms with Gasteiger partial charge in [0, 0.05) is 50.4 Å². The number of benzene rings is 2. The molecule has 2 saturated heterocycles. The fourth-order valence-corrected chi connectivity index (χ4v) is 5.64. The number of nitrogens with zero attached hydrogens (tertiary/aromatic N) is 3. The molecule has 2 N–H and O–H groups in total. The number of hydrogen-bond acceptors (Lipinski definition) is 4. The monoisotopic (exact) mass is 500 g/mol. The lowest BCUT2D eigenvalue weighted by molar-refractivity contribution is -0.122. The molecule has 0 radical (unpaired) electrons. The summed E-state index contributed by atoms with van der Waals surface area (Å²) in [5.41, 5.74) is 1.10. The number of nitrogens with one attached hydrogen (secondary N) is 1. The van der Waals surface area contributed by atoms with Crippen molar-refractivity contribution < 1.29 is 9.90 Å². The Kier molecular flexibility index (Phi) is 6.92. The standard InChI is InChI=1S/C30H36N4O3/c1-29(2)21-33(28(36)34-18-15-31-20-26(34)24-11-7-4-8-12-24)17-14-30(29,37)22-32-16-13-25(19-27(32)35)23-9-5-3-6-10-23/h3-13,16,19,26,31,37H,14-15,17-18,20-22H2,1-2H3. The van der Waals surface area contributed by atoms with Gasteiger partial charge in [-0.2, -0.15) is 0 Å². The zero-order valence-electron chi connectivity index (χ0n) is 21.6. The van der Waals surface area contributed by atoms with E-state index in [9.17, 15) is 14.7 Å². The van der Waals surface area contributed by atoms with E-state index in [2.05, 4.69) is 17.4 Å². The molecule has 0 saturated carbocycles. The molecule has 2 atom stereocenters. The largest absolute Gasteiger partial charge is 0.387 e. The van der Waals surface area contributed by atoms with Crippen LogP contribution in [-0.2, 0) is 6.54 Å². The molecule has 5 rings (SSSR count). The molecule has 0 bridgehead atoms. The highest BCUT2D eigenvalue weighted by Crippen LogP contribution is 2.40. The second-order valence-electron chi connectivity index (χ2n) is 10.9. The number of likely N-dealkylation sites (tertiary alicyclic amines) is 1. The molecule has 2 aliphatic heterocycles. The molecule has 2 amide bonds. The lowest BCUT2D eigenvalue weighted by atomic mass is 9.70. The van der Waals surface area contributed by atoms with Crippen LogP contribution in [0.5, 0.6) is 0 Å². The van der Waals surface area contributed by atoms with E-state index in [4.69, 9.17) is 0 Å². The molecule has 3 heterocycles. The summed E-state index contributed by atoms with van der Waals surface area (Å²) in [7, 11) is 0. The van der Waals surface area contributed by atoms with Crippen molar-refractivity contribution in [3.8, 4) is 11.1 Å². The Hall–Kier alpha value is -3.42. The number of pyridine rings is 1. The van der Waals surface area contributed by atoms with E-state index >= 15 is 0 Å². The molecular formula is C30H36N4O3. The van der Waals surface area contributed by atoms with Crippen molar-refractivity contribution in [2.75, 3.05) is 32.7 Å². The van der Waals surface area contributed by atoms with Gasteiger partial charge in [-0.3, -0.25) is 4.79 Å². The third-order valence-electron chi connectivity index (χ3n) is 8.12. The number of aromatic nitrogens is 1. The van der Waals surface area contributed by atoms with Crippen molar-refractivity contribution in [2.45, 2.75) is 38.5 Å². The summed E-state index contributed by atoms with van der Waals surface area (Å²) >= 11 is 0. The van der Waals surface area contributed by atoms with Gasteiger partial charge in [-0.05, 0) is 29.2 Å². The molecule has 37 heavy (non-hydrogen) atoms. The summed E-state index contributed by atoms with van der Waals surface area (Å²) in [5.74, 6) is 0. The maximum absolute atomic E-state index is 13.7. The number of carbonyl (C=O) groups excluding carboxylic acids is 1. The Bertz CT molecular complexity index is 1290. The average Bonchev–Trinajstić information content (AvgIpc) is 2.92. The maximum Gasteiger partial charge on any atom is 0.320 e. The Balaban J connectivity index is 1.31. The van der Waals surface area contributed by atoms with E-state index in [1.54, 1.807) is 16.8 Å².